The van der Waals surface area contributed by atoms with Crippen LogP contribution in [0.25, 0.3) is 0 Å². The SMILES string of the molecule is CCC(C)C(C)C(C)C(C)C(C)C(C)OC(=O)N1CCC(=O)CC1. The number of ether oxygens (including phenoxy) is 1. The normalized spacial score (nSPS) is 23.1. The van der Waals surface area contributed by atoms with E-state index in [0.29, 0.717) is 55.5 Å². The summed E-state index contributed by atoms with van der Waals surface area (Å²) >= 11 is 0. The van der Waals surface area contributed by atoms with E-state index in [1.807, 2.05) is 6.92 Å². The summed E-state index contributed by atoms with van der Waals surface area (Å²) in [6, 6.07) is 0. The van der Waals surface area contributed by atoms with Gasteiger partial charge in [-0.15, -0.1) is 0 Å². The Kier molecular flexibility index (Phi) is 8.24. The monoisotopic (exact) mass is 339 g/mol. The first kappa shape index (κ1) is 21.0. The molecular formula is C20H37NO3. The fourth-order valence-electron chi connectivity index (χ4n) is 3.55. The second-order valence-corrected chi connectivity index (χ2v) is 7.94. The number of nitrogens with zero attached hydrogens (tertiary/aromatic N) is 1. The first-order chi connectivity index (χ1) is 11.2. The van der Waals surface area contributed by atoms with Crippen LogP contribution in [0.4, 0.5) is 4.79 Å². The zero-order valence-corrected chi connectivity index (χ0v) is 16.7. The molecule has 0 aromatic carbocycles. The van der Waals surface area contributed by atoms with Crippen molar-refractivity contribution in [3.63, 3.8) is 0 Å². The van der Waals surface area contributed by atoms with Crippen LogP contribution in [0.2, 0.25) is 0 Å². The number of likely N-dealkylation sites (tertiary alicyclic amines) is 1. The van der Waals surface area contributed by atoms with Gasteiger partial charge in [0, 0.05) is 25.9 Å². The van der Waals surface area contributed by atoms with Gasteiger partial charge in [-0.05, 0) is 36.5 Å². The van der Waals surface area contributed by atoms with Crippen molar-refractivity contribution in [2.24, 2.45) is 29.6 Å². The molecule has 1 fully saturated rings. The maximum atomic E-state index is 12.3. The average molecular weight is 340 g/mol. The van der Waals surface area contributed by atoms with Crippen molar-refractivity contribution in [1.82, 2.24) is 4.90 Å². The summed E-state index contributed by atoms with van der Waals surface area (Å²) < 4.78 is 5.70. The molecule has 1 rings (SSSR count). The van der Waals surface area contributed by atoms with Crippen molar-refractivity contribution in [2.45, 2.75) is 73.8 Å². The molecule has 0 saturated carbocycles. The van der Waals surface area contributed by atoms with Gasteiger partial charge in [0.05, 0.1) is 0 Å². The molecule has 1 aliphatic rings. The van der Waals surface area contributed by atoms with E-state index in [2.05, 4.69) is 41.5 Å². The predicted molar refractivity (Wildman–Crippen MR) is 97.9 cm³/mol. The van der Waals surface area contributed by atoms with E-state index in [4.69, 9.17) is 4.74 Å². The molecule has 6 unspecified atom stereocenters. The van der Waals surface area contributed by atoms with E-state index in [-0.39, 0.29) is 18.0 Å². The molecule has 0 N–H and O–H groups in total. The lowest BCUT2D eigenvalue weighted by atomic mass is 9.72. The van der Waals surface area contributed by atoms with Crippen LogP contribution in [0.15, 0.2) is 0 Å². The van der Waals surface area contributed by atoms with Gasteiger partial charge in [-0.1, -0.05) is 48.0 Å². The molecule has 0 radical (unpaired) electrons. The lowest BCUT2D eigenvalue weighted by Gasteiger charge is -2.36. The number of amides is 1. The molecule has 0 aromatic rings. The highest BCUT2D eigenvalue weighted by molar-refractivity contribution is 5.81. The van der Waals surface area contributed by atoms with E-state index in [1.165, 1.54) is 6.42 Å². The maximum Gasteiger partial charge on any atom is 0.410 e. The van der Waals surface area contributed by atoms with Crippen molar-refractivity contribution in [1.29, 1.82) is 0 Å². The number of ketones is 1. The van der Waals surface area contributed by atoms with Gasteiger partial charge in [-0.3, -0.25) is 4.79 Å². The number of Topliss-reactive ketones (excluding diaryl/α,β-unsaturated/α-hetero) is 1. The Balaban J connectivity index is 2.54. The largest absolute Gasteiger partial charge is 0.446 e. The first-order valence-electron chi connectivity index (χ1n) is 9.66. The lowest BCUT2D eigenvalue weighted by Crippen LogP contribution is -2.42. The van der Waals surface area contributed by atoms with Crippen LogP contribution in [0, 0.1) is 29.6 Å². The maximum absolute atomic E-state index is 12.3. The van der Waals surface area contributed by atoms with Crippen LogP contribution in [0.1, 0.15) is 67.7 Å². The summed E-state index contributed by atoms with van der Waals surface area (Å²) in [4.78, 5) is 25.3. The van der Waals surface area contributed by atoms with Crippen molar-refractivity contribution < 1.29 is 14.3 Å². The van der Waals surface area contributed by atoms with Gasteiger partial charge in [0.25, 0.3) is 0 Å². The van der Waals surface area contributed by atoms with E-state index >= 15 is 0 Å². The topological polar surface area (TPSA) is 46.6 Å². The van der Waals surface area contributed by atoms with Crippen molar-refractivity contribution in [3.05, 3.63) is 0 Å². The van der Waals surface area contributed by atoms with E-state index < -0.39 is 0 Å². The average Bonchev–Trinajstić information content (AvgIpc) is 2.58. The molecule has 0 spiro atoms. The first-order valence-corrected chi connectivity index (χ1v) is 9.66. The smallest absolute Gasteiger partial charge is 0.410 e. The molecule has 4 heteroatoms. The molecule has 6 atom stereocenters. The third-order valence-electron chi connectivity index (χ3n) is 6.64. The van der Waals surface area contributed by atoms with Gasteiger partial charge >= 0.3 is 6.09 Å². The third kappa shape index (κ3) is 5.49. The van der Waals surface area contributed by atoms with Crippen LogP contribution < -0.4 is 0 Å². The van der Waals surface area contributed by atoms with Crippen molar-refractivity contribution >= 4 is 11.9 Å². The Labute approximate surface area is 148 Å². The molecule has 24 heavy (non-hydrogen) atoms. The highest BCUT2D eigenvalue weighted by Crippen LogP contribution is 2.34. The van der Waals surface area contributed by atoms with E-state index in [9.17, 15) is 9.59 Å². The zero-order chi connectivity index (χ0) is 18.4. The molecule has 140 valence electrons. The van der Waals surface area contributed by atoms with Crippen molar-refractivity contribution in [2.75, 3.05) is 13.1 Å². The van der Waals surface area contributed by atoms with Crippen LogP contribution in [0.3, 0.4) is 0 Å². The van der Waals surface area contributed by atoms with Gasteiger partial charge in [-0.2, -0.15) is 0 Å². The fraction of sp³-hybridized carbons (Fsp3) is 0.900. The molecule has 1 saturated heterocycles. The van der Waals surface area contributed by atoms with Crippen LogP contribution >= 0.6 is 0 Å². The van der Waals surface area contributed by atoms with Gasteiger partial charge in [0.1, 0.15) is 11.9 Å². The Bertz CT molecular complexity index is 413. The second kappa shape index (κ2) is 9.43. The minimum Gasteiger partial charge on any atom is -0.446 e. The molecule has 4 nitrogen and oxygen atoms in total. The highest BCUT2D eigenvalue weighted by Gasteiger charge is 2.31. The van der Waals surface area contributed by atoms with Gasteiger partial charge in [-0.25, -0.2) is 4.79 Å². The molecule has 1 heterocycles. The van der Waals surface area contributed by atoms with Gasteiger partial charge in [0.15, 0.2) is 0 Å². The number of piperidine rings is 1. The minimum atomic E-state index is -0.267. The fourth-order valence-corrected chi connectivity index (χ4v) is 3.55. The quantitative estimate of drug-likeness (QED) is 0.671. The number of rotatable bonds is 7. The molecular weight excluding hydrogens is 302 g/mol. The lowest BCUT2D eigenvalue weighted by molar-refractivity contribution is -0.121. The summed E-state index contributed by atoms with van der Waals surface area (Å²) in [5, 5.41) is 0. The van der Waals surface area contributed by atoms with E-state index in [0.717, 1.165) is 0 Å². The number of hydrogen-bond donors (Lipinski definition) is 0. The molecule has 0 aromatic heterocycles. The molecule has 1 amide bonds. The Morgan fingerprint density at radius 3 is 1.96 bits per heavy atom. The Morgan fingerprint density at radius 1 is 0.958 bits per heavy atom. The van der Waals surface area contributed by atoms with Crippen LogP contribution in [-0.2, 0) is 9.53 Å². The standard InChI is InChI=1S/C20H37NO3/c1-8-13(2)14(3)15(4)16(5)17(6)18(7)24-20(23)21-11-9-19(22)10-12-21/h13-18H,8-12H2,1-7H3. The van der Waals surface area contributed by atoms with Gasteiger partial charge in [0.2, 0.25) is 0 Å². The minimum absolute atomic E-state index is 0.114. The number of hydrogen-bond acceptors (Lipinski definition) is 3. The Hall–Kier alpha value is -1.06. The third-order valence-corrected chi connectivity index (χ3v) is 6.64. The molecule has 0 bridgehead atoms. The molecule has 1 aliphatic heterocycles. The van der Waals surface area contributed by atoms with Crippen LogP contribution in [-0.4, -0.2) is 36.0 Å². The highest BCUT2D eigenvalue weighted by atomic mass is 16.6. The predicted octanol–water partition coefficient (Wildman–Crippen LogP) is 4.77. The summed E-state index contributed by atoms with van der Waals surface area (Å²) in [7, 11) is 0. The summed E-state index contributed by atoms with van der Waals surface area (Å²) in [5.74, 6) is 2.98. The number of carbonyl (C=O) groups excluding carboxylic acids is 2. The van der Waals surface area contributed by atoms with Crippen molar-refractivity contribution in [3.8, 4) is 0 Å². The summed E-state index contributed by atoms with van der Waals surface area (Å²) in [6.07, 6.45) is 1.73. The van der Waals surface area contributed by atoms with E-state index in [1.54, 1.807) is 4.90 Å². The second-order valence-electron chi connectivity index (χ2n) is 7.94. The summed E-state index contributed by atoms with van der Waals surface area (Å²) in [6.45, 7) is 16.7. The number of carbonyl (C=O) groups is 2. The molecule has 0 aliphatic carbocycles. The van der Waals surface area contributed by atoms with Gasteiger partial charge < -0.3 is 9.64 Å². The zero-order valence-electron chi connectivity index (χ0n) is 16.7. The summed E-state index contributed by atoms with van der Waals surface area (Å²) in [5.41, 5.74) is 0. The van der Waals surface area contributed by atoms with Crippen LogP contribution in [0.5, 0.6) is 0 Å². The Morgan fingerprint density at radius 2 is 1.46 bits per heavy atom.